The lowest BCUT2D eigenvalue weighted by Crippen LogP contribution is -2.52. The van der Waals surface area contributed by atoms with Crippen LogP contribution in [0.1, 0.15) is 57.8 Å². The van der Waals surface area contributed by atoms with Gasteiger partial charge in [-0.05, 0) is 25.7 Å². The largest absolute Gasteiger partial charge is 0.481 e. The van der Waals surface area contributed by atoms with Crippen LogP contribution >= 0.6 is 0 Å². The lowest BCUT2D eigenvalue weighted by atomic mass is 9.86. The number of rotatable bonds is 3. The Hall–Kier alpha value is -2.16. The van der Waals surface area contributed by atoms with Crippen LogP contribution in [0.5, 0.6) is 0 Å². The molecule has 1 saturated heterocycles. The van der Waals surface area contributed by atoms with Crippen molar-refractivity contribution >= 4 is 23.9 Å². The van der Waals surface area contributed by atoms with Gasteiger partial charge in [-0.2, -0.15) is 0 Å². The fraction of sp³-hybridized carbons (Fsp3) is 0.765. The van der Waals surface area contributed by atoms with Crippen molar-refractivity contribution in [3.8, 4) is 0 Å². The molecular formula is C17H24O9. The third-order valence-corrected chi connectivity index (χ3v) is 4.89. The number of hydrogen-bond donors (Lipinski definition) is 3. The van der Waals surface area contributed by atoms with E-state index < -0.39 is 60.4 Å². The van der Waals surface area contributed by atoms with Crippen LogP contribution in [0.15, 0.2) is 0 Å². The molecule has 0 radical (unpaired) electrons. The maximum atomic E-state index is 12.6. The fourth-order valence-electron chi connectivity index (χ4n) is 3.52. The molecule has 0 aromatic rings. The number of aliphatic carboxylic acids is 2. The lowest BCUT2D eigenvalue weighted by molar-refractivity contribution is -0.201. The normalized spacial score (nSPS) is 33.7. The van der Waals surface area contributed by atoms with E-state index in [1.54, 1.807) is 0 Å². The summed E-state index contributed by atoms with van der Waals surface area (Å²) in [4.78, 5) is 47.5. The molecule has 0 amide bonds. The lowest BCUT2D eigenvalue weighted by Gasteiger charge is -2.36. The SMILES string of the molecule is O=C(O)CC1(C(=O)O)CC(=O)OC2CCCCCCC(O)CC2C(=O)O1. The molecule has 1 aliphatic heterocycles. The quantitative estimate of drug-likeness (QED) is 0.613. The van der Waals surface area contributed by atoms with E-state index >= 15 is 0 Å². The van der Waals surface area contributed by atoms with Crippen LogP contribution in [0.4, 0.5) is 0 Å². The van der Waals surface area contributed by atoms with Gasteiger partial charge < -0.3 is 24.8 Å². The number of esters is 2. The van der Waals surface area contributed by atoms with Crippen LogP contribution in [0.2, 0.25) is 0 Å². The van der Waals surface area contributed by atoms with Crippen LogP contribution < -0.4 is 0 Å². The van der Waals surface area contributed by atoms with E-state index in [4.69, 9.17) is 14.6 Å². The molecule has 2 fully saturated rings. The first kappa shape index (κ1) is 20.2. The van der Waals surface area contributed by atoms with E-state index in [0.29, 0.717) is 12.8 Å². The van der Waals surface area contributed by atoms with Crippen LogP contribution in [0, 0.1) is 5.92 Å². The summed E-state index contributed by atoms with van der Waals surface area (Å²) in [5.41, 5.74) is -2.51. The second-order valence-corrected chi connectivity index (χ2v) is 6.98. The standard InChI is InChI=1S/C17H24O9/c18-10-5-3-1-2-4-6-12-11(7-10)15(22)26-17(16(23)24,8-13(19)20)9-14(21)25-12/h10-12,18H,1-9H2,(H,19,20)(H,23,24). The van der Waals surface area contributed by atoms with Gasteiger partial charge in [-0.3, -0.25) is 14.4 Å². The molecule has 2 aliphatic rings. The summed E-state index contributed by atoms with van der Waals surface area (Å²) >= 11 is 0. The first-order valence-corrected chi connectivity index (χ1v) is 8.79. The molecule has 4 unspecified atom stereocenters. The van der Waals surface area contributed by atoms with Crippen molar-refractivity contribution in [3.05, 3.63) is 0 Å². The summed E-state index contributed by atoms with van der Waals surface area (Å²) in [5, 5.41) is 28.6. The molecular weight excluding hydrogens is 348 g/mol. The van der Waals surface area contributed by atoms with E-state index in [1.165, 1.54) is 0 Å². The monoisotopic (exact) mass is 372 g/mol. The fourth-order valence-corrected chi connectivity index (χ4v) is 3.52. The van der Waals surface area contributed by atoms with Gasteiger partial charge in [0.15, 0.2) is 0 Å². The molecule has 146 valence electrons. The van der Waals surface area contributed by atoms with Crippen molar-refractivity contribution in [1.82, 2.24) is 0 Å². The van der Waals surface area contributed by atoms with E-state index in [9.17, 15) is 29.4 Å². The number of carbonyl (C=O) groups excluding carboxylic acids is 2. The van der Waals surface area contributed by atoms with Crippen molar-refractivity contribution < 1.29 is 44.0 Å². The smallest absolute Gasteiger partial charge is 0.349 e. The highest BCUT2D eigenvalue weighted by atomic mass is 16.6. The van der Waals surface area contributed by atoms with E-state index in [2.05, 4.69) is 0 Å². The predicted octanol–water partition coefficient (Wildman–Crippen LogP) is 0.865. The Bertz CT molecular complexity index is 573. The second kappa shape index (κ2) is 8.48. The van der Waals surface area contributed by atoms with E-state index in [0.717, 1.165) is 25.7 Å². The topological polar surface area (TPSA) is 147 Å². The third kappa shape index (κ3) is 4.94. The van der Waals surface area contributed by atoms with Gasteiger partial charge in [0.2, 0.25) is 5.60 Å². The molecule has 4 atom stereocenters. The van der Waals surface area contributed by atoms with E-state index in [1.807, 2.05) is 0 Å². The highest BCUT2D eigenvalue weighted by Gasteiger charge is 2.51. The number of carbonyl (C=O) groups is 4. The van der Waals surface area contributed by atoms with Gasteiger partial charge in [0.05, 0.1) is 24.9 Å². The van der Waals surface area contributed by atoms with Gasteiger partial charge >= 0.3 is 23.9 Å². The number of carboxylic acids is 2. The molecule has 0 bridgehead atoms. The van der Waals surface area contributed by atoms with E-state index in [-0.39, 0.29) is 6.42 Å². The highest BCUT2D eigenvalue weighted by Crippen LogP contribution is 2.33. The molecule has 0 aromatic heterocycles. The van der Waals surface area contributed by atoms with Gasteiger partial charge in [0.1, 0.15) is 6.10 Å². The van der Waals surface area contributed by atoms with Crippen LogP contribution in [0.25, 0.3) is 0 Å². The van der Waals surface area contributed by atoms with Crippen LogP contribution in [-0.2, 0) is 28.7 Å². The first-order chi connectivity index (χ1) is 12.2. The summed E-state index contributed by atoms with van der Waals surface area (Å²) in [6.45, 7) is 0. The Kier molecular flexibility index (Phi) is 6.57. The van der Waals surface area contributed by atoms with Crippen molar-refractivity contribution in [1.29, 1.82) is 0 Å². The Morgan fingerprint density at radius 1 is 1.08 bits per heavy atom. The molecule has 1 aliphatic carbocycles. The zero-order valence-electron chi connectivity index (χ0n) is 14.4. The molecule has 2 rings (SSSR count). The van der Waals surface area contributed by atoms with Gasteiger partial charge in [-0.1, -0.05) is 19.3 Å². The Morgan fingerprint density at radius 3 is 2.35 bits per heavy atom. The van der Waals surface area contributed by atoms with Crippen LogP contribution in [0.3, 0.4) is 0 Å². The van der Waals surface area contributed by atoms with Crippen molar-refractivity contribution in [2.75, 3.05) is 0 Å². The highest BCUT2D eigenvalue weighted by molar-refractivity contribution is 5.92. The number of carboxylic acid groups (broad SMARTS) is 2. The minimum Gasteiger partial charge on any atom is -0.481 e. The molecule has 26 heavy (non-hydrogen) atoms. The van der Waals surface area contributed by atoms with Gasteiger partial charge in [-0.15, -0.1) is 0 Å². The first-order valence-electron chi connectivity index (χ1n) is 8.79. The number of aliphatic hydroxyl groups excluding tert-OH is 1. The summed E-state index contributed by atoms with van der Waals surface area (Å²) < 4.78 is 10.4. The average Bonchev–Trinajstić information content (AvgIpc) is 2.52. The molecule has 9 heteroatoms. The minimum atomic E-state index is -2.51. The Balaban J connectivity index is 2.33. The van der Waals surface area contributed by atoms with Crippen molar-refractivity contribution in [3.63, 3.8) is 0 Å². The summed E-state index contributed by atoms with van der Waals surface area (Å²) in [6.07, 6.45) is 0.594. The Labute approximate surface area is 150 Å². The second-order valence-electron chi connectivity index (χ2n) is 6.98. The zero-order chi connectivity index (χ0) is 19.3. The third-order valence-electron chi connectivity index (χ3n) is 4.89. The number of ether oxygens (including phenoxy) is 2. The molecule has 3 N–H and O–H groups in total. The summed E-state index contributed by atoms with van der Waals surface area (Å²) in [6, 6.07) is 0. The number of aliphatic hydroxyl groups is 1. The number of cyclic esters (lactones) is 1. The maximum absolute atomic E-state index is 12.6. The van der Waals surface area contributed by atoms with Gasteiger partial charge in [0, 0.05) is 0 Å². The summed E-state index contributed by atoms with van der Waals surface area (Å²) in [5.74, 6) is -6.14. The average molecular weight is 372 g/mol. The zero-order valence-corrected chi connectivity index (χ0v) is 14.4. The van der Waals surface area contributed by atoms with Crippen molar-refractivity contribution in [2.45, 2.75) is 75.6 Å². The molecule has 0 spiro atoms. The van der Waals surface area contributed by atoms with Crippen LogP contribution in [-0.4, -0.2) is 57.0 Å². The molecule has 1 saturated carbocycles. The minimum absolute atomic E-state index is 0.0282. The molecule has 1 heterocycles. The van der Waals surface area contributed by atoms with Crippen molar-refractivity contribution in [2.24, 2.45) is 5.92 Å². The number of hydrogen-bond acceptors (Lipinski definition) is 7. The van der Waals surface area contributed by atoms with Gasteiger partial charge in [-0.25, -0.2) is 4.79 Å². The molecule has 9 nitrogen and oxygen atoms in total. The predicted molar refractivity (Wildman–Crippen MR) is 85.0 cm³/mol. The van der Waals surface area contributed by atoms with Gasteiger partial charge in [0.25, 0.3) is 0 Å². The maximum Gasteiger partial charge on any atom is 0.349 e. The number of fused-ring (bicyclic) bond motifs is 1. The summed E-state index contributed by atoms with van der Waals surface area (Å²) in [7, 11) is 0. The molecule has 0 aromatic carbocycles. The Morgan fingerprint density at radius 2 is 1.73 bits per heavy atom.